The Morgan fingerprint density at radius 1 is 1.21 bits per heavy atom. The Balaban J connectivity index is 2.25. The minimum Gasteiger partial charge on any atom is -0.467 e. The van der Waals surface area contributed by atoms with Crippen LogP contribution in [0.4, 0.5) is 0 Å². The third kappa shape index (κ3) is 4.06. The van der Waals surface area contributed by atoms with Crippen LogP contribution in [0, 0.1) is 0 Å². The van der Waals surface area contributed by atoms with Crippen LogP contribution in [0.3, 0.4) is 0 Å². The molecule has 0 saturated carbocycles. The molecule has 0 fully saturated rings. The van der Waals surface area contributed by atoms with Crippen LogP contribution in [0.1, 0.15) is 19.6 Å². The zero-order chi connectivity index (χ0) is 10.2. The highest BCUT2D eigenvalue weighted by molar-refractivity contribution is 6.36. The smallest absolute Gasteiger partial charge is 0.467 e. The molecule has 0 spiro atoms. The standard InChI is InChI=1S/C9H15O4Si/c1-3-11-14(12-4-2)13-8-9-6-5-7-10-9/h5-7H,3-4,8H2,1-2H3. The summed E-state index contributed by atoms with van der Waals surface area (Å²) in [7, 11) is -1.58. The Hall–Kier alpha value is -0.623. The quantitative estimate of drug-likeness (QED) is 0.651. The van der Waals surface area contributed by atoms with Crippen LogP contribution in [0.5, 0.6) is 0 Å². The first-order chi connectivity index (χ1) is 6.86. The number of hydrogen-bond donors (Lipinski definition) is 0. The molecule has 0 unspecified atom stereocenters. The summed E-state index contributed by atoms with van der Waals surface area (Å²) in [4.78, 5) is 0. The van der Waals surface area contributed by atoms with E-state index in [4.69, 9.17) is 17.7 Å². The van der Waals surface area contributed by atoms with Crippen molar-refractivity contribution in [3.05, 3.63) is 24.2 Å². The average molecular weight is 215 g/mol. The lowest BCUT2D eigenvalue weighted by Gasteiger charge is -2.11. The van der Waals surface area contributed by atoms with Crippen molar-refractivity contribution in [2.75, 3.05) is 13.2 Å². The fourth-order valence-electron chi connectivity index (χ4n) is 0.885. The van der Waals surface area contributed by atoms with E-state index in [-0.39, 0.29) is 0 Å². The molecule has 0 aliphatic carbocycles. The van der Waals surface area contributed by atoms with Crippen molar-refractivity contribution in [2.24, 2.45) is 0 Å². The lowest BCUT2D eigenvalue weighted by Crippen LogP contribution is -2.26. The van der Waals surface area contributed by atoms with Gasteiger partial charge in [0, 0.05) is 13.2 Å². The second-order valence-corrected chi connectivity index (χ2v) is 3.85. The van der Waals surface area contributed by atoms with Gasteiger partial charge in [-0.3, -0.25) is 0 Å². The van der Waals surface area contributed by atoms with Crippen LogP contribution in [0.25, 0.3) is 0 Å². The summed E-state index contributed by atoms with van der Waals surface area (Å²) in [6.07, 6.45) is 1.62. The summed E-state index contributed by atoms with van der Waals surface area (Å²) in [6, 6.07) is 3.68. The van der Waals surface area contributed by atoms with E-state index in [2.05, 4.69) is 0 Å². The predicted octanol–water partition coefficient (Wildman–Crippen LogP) is 1.85. The highest BCUT2D eigenvalue weighted by atomic mass is 28.3. The molecule has 79 valence electrons. The summed E-state index contributed by atoms with van der Waals surface area (Å²) in [5.41, 5.74) is 0. The lowest BCUT2D eigenvalue weighted by molar-refractivity contribution is 0.0900. The Morgan fingerprint density at radius 3 is 2.43 bits per heavy atom. The van der Waals surface area contributed by atoms with Crippen molar-refractivity contribution in [3.8, 4) is 0 Å². The fraction of sp³-hybridized carbons (Fsp3) is 0.556. The Morgan fingerprint density at radius 2 is 1.93 bits per heavy atom. The molecule has 5 heteroatoms. The first-order valence-corrected chi connectivity index (χ1v) is 5.87. The van der Waals surface area contributed by atoms with Gasteiger partial charge in [-0.05, 0) is 26.0 Å². The Labute approximate surface area is 85.7 Å². The van der Waals surface area contributed by atoms with Gasteiger partial charge in [0.2, 0.25) is 0 Å². The fourth-order valence-corrected chi connectivity index (χ4v) is 1.87. The molecule has 0 aliphatic heterocycles. The molecular weight excluding hydrogens is 200 g/mol. The molecular formula is C9H15O4Si. The normalized spacial score (nSPS) is 11.1. The van der Waals surface area contributed by atoms with Gasteiger partial charge in [-0.15, -0.1) is 0 Å². The summed E-state index contributed by atoms with van der Waals surface area (Å²) in [5, 5.41) is 0. The van der Waals surface area contributed by atoms with Crippen LogP contribution in [-0.4, -0.2) is 22.7 Å². The van der Waals surface area contributed by atoms with Gasteiger partial charge in [0.15, 0.2) is 0 Å². The molecule has 1 radical (unpaired) electrons. The second kappa shape index (κ2) is 6.78. The van der Waals surface area contributed by atoms with Gasteiger partial charge in [0.1, 0.15) is 5.76 Å². The van der Waals surface area contributed by atoms with Gasteiger partial charge in [-0.2, -0.15) is 0 Å². The maximum atomic E-state index is 5.43. The van der Waals surface area contributed by atoms with Crippen molar-refractivity contribution < 1.29 is 17.7 Å². The molecule has 14 heavy (non-hydrogen) atoms. The topological polar surface area (TPSA) is 40.8 Å². The monoisotopic (exact) mass is 215 g/mol. The van der Waals surface area contributed by atoms with E-state index in [1.807, 2.05) is 26.0 Å². The maximum Gasteiger partial charge on any atom is 0.578 e. The van der Waals surface area contributed by atoms with Gasteiger partial charge in [0.25, 0.3) is 0 Å². The average Bonchev–Trinajstić information content (AvgIpc) is 2.67. The van der Waals surface area contributed by atoms with Crippen molar-refractivity contribution in [2.45, 2.75) is 20.5 Å². The van der Waals surface area contributed by atoms with E-state index in [0.29, 0.717) is 19.8 Å². The number of rotatable bonds is 7. The van der Waals surface area contributed by atoms with Gasteiger partial charge < -0.3 is 17.7 Å². The molecule has 4 nitrogen and oxygen atoms in total. The third-order valence-electron chi connectivity index (χ3n) is 1.44. The van der Waals surface area contributed by atoms with Gasteiger partial charge in [0.05, 0.1) is 12.9 Å². The lowest BCUT2D eigenvalue weighted by atomic mass is 10.5. The maximum absolute atomic E-state index is 5.43. The van der Waals surface area contributed by atoms with Gasteiger partial charge in [-0.1, -0.05) is 0 Å². The summed E-state index contributed by atoms with van der Waals surface area (Å²) < 4.78 is 21.1. The van der Waals surface area contributed by atoms with Crippen molar-refractivity contribution in [3.63, 3.8) is 0 Å². The number of hydrogen-bond acceptors (Lipinski definition) is 4. The highest BCUT2D eigenvalue weighted by Crippen LogP contribution is 2.04. The van der Waals surface area contributed by atoms with Crippen molar-refractivity contribution in [1.82, 2.24) is 0 Å². The summed E-state index contributed by atoms with van der Waals surface area (Å²) in [5.74, 6) is 0.784. The van der Waals surface area contributed by atoms with E-state index in [1.54, 1.807) is 6.26 Å². The zero-order valence-electron chi connectivity index (χ0n) is 8.49. The Bertz CT molecular complexity index is 219. The van der Waals surface area contributed by atoms with Crippen molar-refractivity contribution in [1.29, 1.82) is 0 Å². The minimum atomic E-state index is -1.58. The van der Waals surface area contributed by atoms with E-state index in [1.165, 1.54) is 0 Å². The molecule has 0 aliphatic rings. The van der Waals surface area contributed by atoms with Crippen LogP contribution in [0.2, 0.25) is 0 Å². The largest absolute Gasteiger partial charge is 0.578 e. The molecule has 0 bridgehead atoms. The van der Waals surface area contributed by atoms with Crippen LogP contribution in [-0.2, 0) is 19.9 Å². The molecule has 0 saturated heterocycles. The second-order valence-electron chi connectivity index (χ2n) is 2.48. The highest BCUT2D eigenvalue weighted by Gasteiger charge is 2.17. The third-order valence-corrected chi connectivity index (χ3v) is 2.87. The van der Waals surface area contributed by atoms with E-state index in [0.717, 1.165) is 5.76 Å². The van der Waals surface area contributed by atoms with Crippen molar-refractivity contribution >= 4 is 9.53 Å². The first-order valence-electron chi connectivity index (χ1n) is 4.64. The van der Waals surface area contributed by atoms with Gasteiger partial charge >= 0.3 is 9.53 Å². The Kier molecular flexibility index (Phi) is 5.54. The summed E-state index contributed by atoms with van der Waals surface area (Å²) in [6.45, 7) is 5.44. The molecule has 0 N–H and O–H groups in total. The zero-order valence-corrected chi connectivity index (χ0v) is 9.49. The van der Waals surface area contributed by atoms with Crippen LogP contribution < -0.4 is 0 Å². The van der Waals surface area contributed by atoms with Gasteiger partial charge in [-0.25, -0.2) is 0 Å². The molecule has 1 aromatic heterocycles. The molecule has 1 aromatic rings. The van der Waals surface area contributed by atoms with E-state index in [9.17, 15) is 0 Å². The van der Waals surface area contributed by atoms with E-state index >= 15 is 0 Å². The molecule has 1 heterocycles. The molecule has 0 aromatic carbocycles. The van der Waals surface area contributed by atoms with Crippen LogP contribution in [0.15, 0.2) is 22.8 Å². The number of furan rings is 1. The van der Waals surface area contributed by atoms with E-state index < -0.39 is 9.53 Å². The molecule has 1 rings (SSSR count). The van der Waals surface area contributed by atoms with Crippen LogP contribution >= 0.6 is 0 Å². The summed E-state index contributed by atoms with van der Waals surface area (Å²) >= 11 is 0. The molecule has 0 amide bonds. The first kappa shape index (κ1) is 11.5. The SMILES string of the molecule is CCO[Si](OCC)OCc1ccco1. The predicted molar refractivity (Wildman–Crippen MR) is 52.5 cm³/mol. The molecule has 0 atom stereocenters. The minimum absolute atomic E-state index is 0.404.